The molecule has 4 atom stereocenters. The van der Waals surface area contributed by atoms with Crippen LogP contribution in [0.3, 0.4) is 0 Å². The van der Waals surface area contributed by atoms with Crippen molar-refractivity contribution in [2.24, 2.45) is 0 Å². The Hall–Kier alpha value is -6.12. The normalized spacial score (nSPS) is 22.0. The van der Waals surface area contributed by atoms with Gasteiger partial charge in [-0.1, -0.05) is 30.3 Å². The van der Waals surface area contributed by atoms with Crippen molar-refractivity contribution in [2.75, 3.05) is 48.5 Å². The van der Waals surface area contributed by atoms with Crippen LogP contribution in [0.15, 0.2) is 66.7 Å². The van der Waals surface area contributed by atoms with E-state index in [2.05, 4.69) is 16.0 Å². The van der Waals surface area contributed by atoms with E-state index in [1.54, 1.807) is 66.7 Å². The lowest BCUT2D eigenvalue weighted by Gasteiger charge is -2.35. The Morgan fingerprint density at radius 3 is 1.94 bits per heavy atom. The van der Waals surface area contributed by atoms with Gasteiger partial charge in [-0.05, 0) is 60.0 Å². The largest absolute Gasteiger partial charge is 0.497 e. The number of carbonyl (C=O) groups excluding carboxylic acids is 6. The van der Waals surface area contributed by atoms with Gasteiger partial charge in [-0.3, -0.25) is 28.8 Å². The van der Waals surface area contributed by atoms with Crippen LogP contribution in [0.1, 0.15) is 23.6 Å². The van der Waals surface area contributed by atoms with Crippen molar-refractivity contribution >= 4 is 35.4 Å². The third kappa shape index (κ3) is 9.08. The zero-order chi connectivity index (χ0) is 39.1. The predicted molar refractivity (Wildman–Crippen MR) is 197 cm³/mol. The van der Waals surface area contributed by atoms with E-state index in [0.29, 0.717) is 39.7 Å². The van der Waals surface area contributed by atoms with E-state index in [1.165, 1.54) is 57.0 Å². The summed E-state index contributed by atoms with van der Waals surface area (Å²) in [6.07, 6.45) is 0.170. The summed E-state index contributed by atoms with van der Waals surface area (Å²) in [4.78, 5) is 86.5. The second-order valence-corrected chi connectivity index (χ2v) is 13.4. The number of hydrogen-bond acceptors (Lipinski definition) is 9. The highest BCUT2D eigenvalue weighted by Gasteiger charge is 2.37. The van der Waals surface area contributed by atoms with Gasteiger partial charge in [-0.25, -0.2) is 0 Å². The van der Waals surface area contributed by atoms with Gasteiger partial charge in [0, 0.05) is 40.4 Å². The molecule has 6 bridgehead atoms. The summed E-state index contributed by atoms with van der Waals surface area (Å²) >= 11 is 0. The summed E-state index contributed by atoms with van der Waals surface area (Å²) in [7, 11) is 7.41. The summed E-state index contributed by atoms with van der Waals surface area (Å²) < 4.78 is 16.9. The van der Waals surface area contributed by atoms with Crippen LogP contribution < -0.4 is 30.2 Å². The SMILES string of the molecule is COc1ccc(C[C@H]2C(=O)NCC(=O)N(C)[C@H]3Cc4ccc(cc4)Oc4cc(ccc4OC)C[C@@H](C(=O)NC(C)C(=O)NCC(=O)N2C)N(C)C3=O)cc1. The molecule has 6 amide bonds. The van der Waals surface area contributed by atoms with Crippen LogP contribution in [0.4, 0.5) is 0 Å². The number of likely N-dealkylation sites (N-methyl/N-ethyl adjacent to an activating group) is 3. The van der Waals surface area contributed by atoms with E-state index in [-0.39, 0.29) is 19.3 Å². The Bertz CT molecular complexity index is 1880. The third-order valence-corrected chi connectivity index (χ3v) is 9.83. The Kier molecular flexibility index (Phi) is 12.4. The highest BCUT2D eigenvalue weighted by Crippen LogP contribution is 2.34. The Labute approximate surface area is 313 Å². The Morgan fingerprint density at radius 2 is 1.30 bits per heavy atom. The van der Waals surface area contributed by atoms with E-state index in [0.717, 1.165) is 0 Å². The number of hydrogen-bond donors (Lipinski definition) is 3. The molecule has 15 nitrogen and oxygen atoms in total. The second kappa shape index (κ2) is 17.1. The first-order valence-corrected chi connectivity index (χ1v) is 17.5. The maximum Gasteiger partial charge on any atom is 0.246 e. The molecule has 3 N–H and O–H groups in total. The van der Waals surface area contributed by atoms with Gasteiger partial charge < -0.3 is 44.9 Å². The average Bonchev–Trinajstić information content (AvgIpc) is 3.18. The molecule has 3 aliphatic rings. The van der Waals surface area contributed by atoms with Crippen LogP contribution in [-0.4, -0.2) is 123 Å². The monoisotopic (exact) mass is 742 g/mol. The summed E-state index contributed by atoms with van der Waals surface area (Å²) in [5, 5.41) is 7.90. The Morgan fingerprint density at radius 1 is 0.685 bits per heavy atom. The van der Waals surface area contributed by atoms with Gasteiger partial charge in [0.15, 0.2) is 11.5 Å². The van der Waals surface area contributed by atoms with Crippen LogP contribution in [0, 0.1) is 0 Å². The lowest BCUT2D eigenvalue weighted by atomic mass is 9.99. The molecule has 0 radical (unpaired) electrons. The van der Waals surface area contributed by atoms with Crippen molar-refractivity contribution < 1.29 is 43.0 Å². The van der Waals surface area contributed by atoms with E-state index in [9.17, 15) is 28.8 Å². The molecule has 286 valence electrons. The lowest BCUT2D eigenvalue weighted by molar-refractivity contribution is -0.148. The molecule has 0 spiro atoms. The molecule has 1 saturated heterocycles. The number of carbonyl (C=O) groups is 6. The quantitative estimate of drug-likeness (QED) is 0.353. The number of methoxy groups -OCH3 is 2. The van der Waals surface area contributed by atoms with Gasteiger partial charge in [0.25, 0.3) is 0 Å². The molecule has 54 heavy (non-hydrogen) atoms. The fraction of sp³-hybridized carbons (Fsp3) is 0.385. The number of fused-ring (bicyclic) bond motifs is 2. The number of amides is 6. The maximum atomic E-state index is 14.5. The standard InChI is InChI=1S/C39H46N6O9/c1-23-36(48)40-21-34(46)43(2)29(17-24-7-12-27(52-5)13-8-24)37(49)41-22-35(47)44(3)31-18-25-9-14-28(15-10-25)54-33-20-26(11-16-32(33)53-6)19-30(38(50)42-23)45(4)39(31)51/h7-16,20,23,29-31H,17-19,21-22H2,1-6H3,(H,40,48)(H,41,49)(H,42,50)/t23?,29-,30-,31-/m0/s1. The fourth-order valence-electron chi connectivity index (χ4n) is 6.34. The molecule has 0 aliphatic carbocycles. The summed E-state index contributed by atoms with van der Waals surface area (Å²) in [5.41, 5.74) is 2.04. The van der Waals surface area contributed by atoms with Crippen molar-refractivity contribution in [3.63, 3.8) is 0 Å². The van der Waals surface area contributed by atoms with Gasteiger partial charge >= 0.3 is 0 Å². The minimum Gasteiger partial charge on any atom is -0.497 e. The number of ether oxygens (including phenoxy) is 3. The van der Waals surface area contributed by atoms with Crippen molar-refractivity contribution in [1.82, 2.24) is 30.7 Å². The lowest BCUT2D eigenvalue weighted by Crippen LogP contribution is -2.59. The first-order chi connectivity index (χ1) is 25.8. The second-order valence-electron chi connectivity index (χ2n) is 13.4. The zero-order valence-corrected chi connectivity index (χ0v) is 31.2. The van der Waals surface area contributed by atoms with Gasteiger partial charge in [0.2, 0.25) is 35.4 Å². The number of rotatable bonds is 4. The smallest absolute Gasteiger partial charge is 0.246 e. The predicted octanol–water partition coefficient (Wildman–Crippen LogP) is 1.07. The van der Waals surface area contributed by atoms with E-state index >= 15 is 0 Å². The highest BCUT2D eigenvalue weighted by atomic mass is 16.5. The Balaban J connectivity index is 1.53. The van der Waals surface area contributed by atoms with Gasteiger partial charge in [0.1, 0.15) is 35.7 Å². The highest BCUT2D eigenvalue weighted by molar-refractivity contribution is 5.97. The van der Waals surface area contributed by atoms with Crippen molar-refractivity contribution in [1.29, 1.82) is 0 Å². The van der Waals surface area contributed by atoms with Crippen LogP contribution in [-0.2, 0) is 48.0 Å². The average molecular weight is 743 g/mol. The molecule has 0 saturated carbocycles. The molecule has 3 aromatic rings. The molecule has 1 unspecified atom stereocenters. The molecular formula is C39H46N6O9. The van der Waals surface area contributed by atoms with Crippen LogP contribution >= 0.6 is 0 Å². The van der Waals surface area contributed by atoms with Crippen LogP contribution in [0.25, 0.3) is 0 Å². The molecule has 15 heteroatoms. The molecule has 3 aromatic carbocycles. The molecule has 3 heterocycles. The molecular weight excluding hydrogens is 696 g/mol. The molecule has 6 rings (SSSR count). The maximum absolute atomic E-state index is 14.5. The summed E-state index contributed by atoms with van der Waals surface area (Å²) in [6, 6.07) is 14.7. The van der Waals surface area contributed by atoms with Crippen molar-refractivity contribution in [3.8, 4) is 23.0 Å². The van der Waals surface area contributed by atoms with E-state index in [1.807, 2.05) is 0 Å². The van der Waals surface area contributed by atoms with E-state index < -0.39 is 72.7 Å². The number of benzene rings is 3. The van der Waals surface area contributed by atoms with Crippen molar-refractivity contribution in [3.05, 3.63) is 83.4 Å². The van der Waals surface area contributed by atoms with E-state index in [4.69, 9.17) is 14.2 Å². The number of nitrogens with zero attached hydrogens (tertiary/aromatic N) is 3. The first-order valence-electron chi connectivity index (χ1n) is 17.5. The first kappa shape index (κ1) is 39.1. The summed E-state index contributed by atoms with van der Waals surface area (Å²) in [5.74, 6) is -1.61. The topological polar surface area (TPSA) is 176 Å². The van der Waals surface area contributed by atoms with Gasteiger partial charge in [0.05, 0.1) is 27.3 Å². The van der Waals surface area contributed by atoms with Crippen LogP contribution in [0.2, 0.25) is 0 Å². The molecule has 0 aromatic heterocycles. The third-order valence-electron chi connectivity index (χ3n) is 9.83. The number of nitrogens with one attached hydrogen (secondary N) is 3. The van der Waals surface area contributed by atoms with Gasteiger partial charge in [-0.15, -0.1) is 0 Å². The van der Waals surface area contributed by atoms with Crippen LogP contribution in [0.5, 0.6) is 23.0 Å². The molecule has 3 aliphatic heterocycles. The van der Waals surface area contributed by atoms with Crippen molar-refractivity contribution in [2.45, 2.75) is 50.4 Å². The minimum atomic E-state index is -1.14. The molecule has 1 fully saturated rings. The van der Waals surface area contributed by atoms with Gasteiger partial charge in [-0.2, -0.15) is 0 Å². The minimum absolute atomic E-state index is 0.0135. The zero-order valence-electron chi connectivity index (χ0n) is 31.2. The summed E-state index contributed by atoms with van der Waals surface area (Å²) in [6.45, 7) is 0.508. The fourth-order valence-corrected chi connectivity index (χ4v) is 6.34.